The van der Waals surface area contributed by atoms with Gasteiger partial charge in [0.2, 0.25) is 5.91 Å². The van der Waals surface area contributed by atoms with Crippen LogP contribution in [0.25, 0.3) is 0 Å². The van der Waals surface area contributed by atoms with E-state index >= 15 is 0 Å². The molecule has 3 rings (SSSR count). The Kier molecular flexibility index (Phi) is 49.8. The van der Waals surface area contributed by atoms with Crippen LogP contribution in [-0.4, -0.2) is 193 Å². The zero-order chi connectivity index (χ0) is 66.1. The molecule has 3 aliphatic rings. The van der Waals surface area contributed by atoms with Crippen LogP contribution in [0.1, 0.15) is 296 Å². The molecule has 17 atom stereocenters. The molecular weight excluding hydrogens is 1170 g/mol. The third-order valence-electron chi connectivity index (χ3n) is 18.8. The van der Waals surface area contributed by atoms with E-state index in [4.69, 9.17) is 28.4 Å². The summed E-state index contributed by atoms with van der Waals surface area (Å²) in [5.41, 5.74) is 0. The zero-order valence-corrected chi connectivity index (χ0v) is 56.8. The van der Waals surface area contributed by atoms with Crippen LogP contribution in [0.15, 0.2) is 24.3 Å². The monoisotopic (exact) mass is 1300 g/mol. The highest BCUT2D eigenvalue weighted by Crippen LogP contribution is 2.33. The number of hydrogen-bond acceptors (Lipinski definition) is 18. The molecule has 0 saturated carbocycles. The van der Waals surface area contributed by atoms with Gasteiger partial charge in [-0.25, -0.2) is 0 Å². The molecule has 19 nitrogen and oxygen atoms in total. The summed E-state index contributed by atoms with van der Waals surface area (Å²) in [4.78, 5) is 13.3. The van der Waals surface area contributed by atoms with Crippen molar-refractivity contribution in [1.29, 1.82) is 0 Å². The van der Waals surface area contributed by atoms with E-state index in [9.17, 15) is 61.0 Å². The molecule has 1 amide bonds. The molecule has 3 saturated heterocycles. The molecule has 3 fully saturated rings. The number of aliphatic hydroxyl groups is 11. The van der Waals surface area contributed by atoms with Crippen LogP contribution < -0.4 is 5.32 Å². The fourth-order valence-corrected chi connectivity index (χ4v) is 12.7. The Morgan fingerprint density at radius 2 is 0.703 bits per heavy atom. The first-order valence-corrected chi connectivity index (χ1v) is 37.1. The van der Waals surface area contributed by atoms with Gasteiger partial charge in [0.15, 0.2) is 18.9 Å². The fourth-order valence-electron chi connectivity index (χ4n) is 12.7. The zero-order valence-electron chi connectivity index (χ0n) is 56.8. The molecule has 17 unspecified atom stereocenters. The van der Waals surface area contributed by atoms with Crippen molar-refractivity contribution in [3.8, 4) is 0 Å². The minimum atomic E-state index is -1.98. The number of aliphatic hydroxyl groups excluding tert-OH is 11. The second-order valence-corrected chi connectivity index (χ2v) is 26.8. The van der Waals surface area contributed by atoms with Gasteiger partial charge in [-0.15, -0.1) is 0 Å². The third-order valence-corrected chi connectivity index (χ3v) is 18.8. The molecule has 0 spiro atoms. The number of ether oxygens (including phenoxy) is 6. The fraction of sp³-hybridized carbons (Fsp3) is 0.931. The lowest BCUT2D eigenvalue weighted by atomic mass is 9.96. The van der Waals surface area contributed by atoms with Crippen molar-refractivity contribution in [1.82, 2.24) is 5.32 Å². The molecular formula is C72H135NO18. The van der Waals surface area contributed by atoms with Gasteiger partial charge in [-0.3, -0.25) is 4.79 Å². The van der Waals surface area contributed by atoms with Crippen molar-refractivity contribution in [2.24, 2.45) is 0 Å². The van der Waals surface area contributed by atoms with Gasteiger partial charge >= 0.3 is 0 Å². The van der Waals surface area contributed by atoms with Crippen molar-refractivity contribution in [2.75, 3.05) is 26.4 Å². The van der Waals surface area contributed by atoms with E-state index in [0.717, 1.165) is 44.9 Å². The quantitative estimate of drug-likeness (QED) is 0.0199. The smallest absolute Gasteiger partial charge is 0.220 e. The molecule has 12 N–H and O–H groups in total. The van der Waals surface area contributed by atoms with Crippen LogP contribution in [0.2, 0.25) is 0 Å². The van der Waals surface area contributed by atoms with Gasteiger partial charge in [0, 0.05) is 6.42 Å². The van der Waals surface area contributed by atoms with E-state index in [2.05, 4.69) is 31.3 Å². The highest BCUT2D eigenvalue weighted by molar-refractivity contribution is 5.76. The SMILES string of the molecule is CCCCC/C=C/CC/C=C/C(O)C(COC1OC(CO)C(OC2OC(CO)C(OC3OC(CO)C(O)C(O)C3O)C(O)C2O)C(O)C1O)NC(=O)CCCCCCCCCCCCCCCCCCCCCCCCCCCCCCCCCCCCCCC. The Morgan fingerprint density at radius 1 is 0.385 bits per heavy atom. The Hall–Kier alpha value is -1.73. The Balaban J connectivity index is 1.26. The molecule has 0 aromatic rings. The molecule has 0 aliphatic carbocycles. The van der Waals surface area contributed by atoms with Crippen molar-refractivity contribution < 1.29 is 89.4 Å². The summed E-state index contributed by atoms with van der Waals surface area (Å²) in [6, 6.07) is -0.985. The van der Waals surface area contributed by atoms with Gasteiger partial charge < -0.3 is 89.9 Å². The molecule has 0 aromatic heterocycles. The average Bonchev–Trinajstić information content (AvgIpc) is 0.878. The molecule has 0 aromatic carbocycles. The standard InChI is InChI=1S/C72H135NO18/c1-3-5-7-9-11-13-14-15-16-17-18-19-20-21-22-23-24-25-26-27-28-29-30-31-32-33-34-35-36-37-38-39-40-42-44-46-48-50-60(78)73-55(56(77)49-47-45-43-41-12-10-8-6-4-2)54-86-70-66(84)63(81)68(58(52-75)88-70)91-72-67(85)64(82)69(59(53-76)89-72)90-71-65(83)62(80)61(79)57(51-74)87-71/h12,41,47,49,55-59,61-72,74-77,79-85H,3-11,13-40,42-46,48,50-54H2,1-2H3,(H,73,78)/b41-12+,49-47+. The highest BCUT2D eigenvalue weighted by atomic mass is 16.8. The van der Waals surface area contributed by atoms with Gasteiger partial charge in [0.05, 0.1) is 38.6 Å². The van der Waals surface area contributed by atoms with Crippen LogP contribution >= 0.6 is 0 Å². The summed E-state index contributed by atoms with van der Waals surface area (Å²) in [6.07, 6.45) is 36.7. The number of rotatable bonds is 58. The van der Waals surface area contributed by atoms with Crippen molar-refractivity contribution in [2.45, 2.75) is 401 Å². The van der Waals surface area contributed by atoms with Crippen LogP contribution in [0.4, 0.5) is 0 Å². The predicted octanol–water partition coefficient (Wildman–Crippen LogP) is 10.6. The largest absolute Gasteiger partial charge is 0.394 e. The predicted molar refractivity (Wildman–Crippen MR) is 356 cm³/mol. The van der Waals surface area contributed by atoms with Gasteiger partial charge in [0.1, 0.15) is 73.2 Å². The average molecular weight is 1300 g/mol. The first-order valence-electron chi connectivity index (χ1n) is 37.1. The summed E-state index contributed by atoms with van der Waals surface area (Å²) in [5.74, 6) is -0.283. The van der Waals surface area contributed by atoms with E-state index in [0.29, 0.717) is 12.8 Å². The lowest BCUT2D eigenvalue weighted by Crippen LogP contribution is -2.66. The van der Waals surface area contributed by atoms with Crippen molar-refractivity contribution in [3.63, 3.8) is 0 Å². The summed E-state index contributed by atoms with van der Waals surface area (Å²) in [5, 5.41) is 120. The van der Waals surface area contributed by atoms with Crippen LogP contribution in [-0.2, 0) is 33.2 Å². The number of amides is 1. The molecule has 0 radical (unpaired) electrons. The van der Waals surface area contributed by atoms with E-state index < -0.39 is 124 Å². The maximum atomic E-state index is 13.3. The number of hydrogen-bond donors (Lipinski definition) is 12. The van der Waals surface area contributed by atoms with E-state index in [1.165, 1.54) is 218 Å². The van der Waals surface area contributed by atoms with Crippen LogP contribution in [0.5, 0.6) is 0 Å². The number of carbonyl (C=O) groups is 1. The van der Waals surface area contributed by atoms with Gasteiger partial charge in [-0.2, -0.15) is 0 Å². The third kappa shape index (κ3) is 35.9. The molecule has 3 aliphatic heterocycles. The molecule has 91 heavy (non-hydrogen) atoms. The topological polar surface area (TPSA) is 307 Å². The summed E-state index contributed by atoms with van der Waals surface area (Å²) >= 11 is 0. The first-order chi connectivity index (χ1) is 44.3. The Bertz CT molecular complexity index is 1750. The molecule has 536 valence electrons. The number of nitrogens with one attached hydrogen (secondary N) is 1. The number of carbonyl (C=O) groups excluding carboxylic acids is 1. The minimum absolute atomic E-state index is 0.240. The van der Waals surface area contributed by atoms with Gasteiger partial charge in [-0.05, 0) is 32.1 Å². The van der Waals surface area contributed by atoms with E-state index in [1.54, 1.807) is 6.08 Å². The summed E-state index contributed by atoms with van der Waals surface area (Å²) in [6.45, 7) is 1.67. The van der Waals surface area contributed by atoms with Gasteiger partial charge in [-0.1, -0.05) is 282 Å². The highest BCUT2D eigenvalue weighted by Gasteiger charge is 2.53. The molecule has 19 heteroatoms. The van der Waals surface area contributed by atoms with Crippen molar-refractivity contribution in [3.05, 3.63) is 24.3 Å². The first kappa shape index (κ1) is 83.5. The Morgan fingerprint density at radius 3 is 1.10 bits per heavy atom. The summed E-state index contributed by atoms with van der Waals surface area (Å²) < 4.78 is 34.2. The number of unbranched alkanes of at least 4 members (excludes halogenated alkanes) is 40. The maximum Gasteiger partial charge on any atom is 0.220 e. The van der Waals surface area contributed by atoms with Crippen LogP contribution in [0.3, 0.4) is 0 Å². The van der Waals surface area contributed by atoms with E-state index in [-0.39, 0.29) is 18.9 Å². The van der Waals surface area contributed by atoms with Crippen LogP contribution in [0, 0.1) is 0 Å². The van der Waals surface area contributed by atoms with E-state index in [1.807, 2.05) is 6.08 Å². The Labute approximate surface area is 549 Å². The normalized spacial score (nSPS) is 27.9. The lowest BCUT2D eigenvalue weighted by Gasteiger charge is -2.48. The lowest BCUT2D eigenvalue weighted by molar-refractivity contribution is -0.379. The summed E-state index contributed by atoms with van der Waals surface area (Å²) in [7, 11) is 0. The molecule has 3 heterocycles. The van der Waals surface area contributed by atoms with Gasteiger partial charge in [0.25, 0.3) is 0 Å². The second-order valence-electron chi connectivity index (χ2n) is 26.8. The molecule has 0 bridgehead atoms. The number of allylic oxidation sites excluding steroid dienone is 3. The maximum absolute atomic E-state index is 13.3. The second kappa shape index (κ2) is 54.3. The minimum Gasteiger partial charge on any atom is -0.394 e. The van der Waals surface area contributed by atoms with Crippen molar-refractivity contribution >= 4 is 5.91 Å².